The van der Waals surface area contributed by atoms with Crippen LogP contribution in [0.3, 0.4) is 0 Å². The summed E-state index contributed by atoms with van der Waals surface area (Å²) in [5.74, 6) is 0. The first kappa shape index (κ1) is 10.6. The quantitative estimate of drug-likeness (QED) is 0.503. The summed E-state index contributed by atoms with van der Waals surface area (Å²) >= 11 is 6.11. The van der Waals surface area contributed by atoms with Crippen molar-refractivity contribution in [2.45, 2.75) is 0 Å². The van der Waals surface area contributed by atoms with E-state index in [0.29, 0.717) is 11.0 Å². The first-order valence-electron chi connectivity index (χ1n) is 1.11. The number of ether oxygens (including phenoxy) is 1. The lowest BCUT2D eigenvalue weighted by atomic mass is 11.5. The van der Waals surface area contributed by atoms with Crippen LogP contribution in [0.15, 0.2) is 0 Å². The molecule has 6 heavy (non-hydrogen) atoms. The first-order valence-corrected chi connectivity index (χ1v) is 3.35. The highest BCUT2D eigenvalue weighted by Gasteiger charge is 1.67. The molecular weight excluding hydrogens is 224 g/mol. The van der Waals surface area contributed by atoms with Gasteiger partial charge in [-0.2, -0.15) is 0 Å². The normalized spacial score (nSPS) is 7.00. The summed E-state index contributed by atoms with van der Waals surface area (Å²) in [5, 5.41) is 0. The minimum absolute atomic E-state index is 0. The summed E-state index contributed by atoms with van der Waals surface area (Å²) < 4.78 is 4.67. The van der Waals surface area contributed by atoms with E-state index in [0.717, 1.165) is 0 Å². The molecule has 0 rings (SSSR count). The molecule has 0 aliphatic carbocycles. The lowest BCUT2D eigenvalue weighted by Crippen LogP contribution is -1.76. The van der Waals surface area contributed by atoms with Gasteiger partial charge in [-0.05, 0) is 0 Å². The van der Waals surface area contributed by atoms with E-state index in [2.05, 4.69) is 36.6 Å². The Bertz CT molecular complexity index is 19.0. The standard InChI is InChI=1S/C2H4Br2O.Mg.2H/c3-1-5-2-4;;;/h1-2H2;;;. The molecule has 0 N–H and O–H groups in total. The maximum absolute atomic E-state index is 4.67. The molecule has 0 bridgehead atoms. The lowest BCUT2D eigenvalue weighted by molar-refractivity contribution is 0.248. The molecule has 4 heteroatoms. The van der Waals surface area contributed by atoms with E-state index in [4.69, 9.17) is 0 Å². The van der Waals surface area contributed by atoms with E-state index in [1.165, 1.54) is 0 Å². The van der Waals surface area contributed by atoms with E-state index in [1.807, 2.05) is 0 Å². The summed E-state index contributed by atoms with van der Waals surface area (Å²) in [7, 11) is 0. The number of hydrogen-bond acceptors (Lipinski definition) is 1. The topological polar surface area (TPSA) is 9.23 Å². The largest absolute Gasteiger partial charge is 0.359 e. The Hall–Kier alpha value is 1.69. The molecule has 0 aromatic carbocycles. The van der Waals surface area contributed by atoms with Crippen molar-refractivity contribution in [1.29, 1.82) is 0 Å². The van der Waals surface area contributed by atoms with Crippen LogP contribution in [0, 0.1) is 0 Å². The minimum atomic E-state index is 0. The number of rotatable bonds is 2. The molecule has 0 saturated carbocycles. The Kier molecular flexibility index (Phi) is 17.4. The van der Waals surface area contributed by atoms with Crippen molar-refractivity contribution >= 4 is 54.9 Å². The second-order valence-electron chi connectivity index (χ2n) is 0.422. The summed E-state index contributed by atoms with van der Waals surface area (Å²) in [4.78, 5) is 0. The van der Waals surface area contributed by atoms with Gasteiger partial charge < -0.3 is 4.74 Å². The summed E-state index contributed by atoms with van der Waals surface area (Å²) in [6, 6.07) is 0. The van der Waals surface area contributed by atoms with E-state index in [-0.39, 0.29) is 23.1 Å². The first-order chi connectivity index (χ1) is 2.41. The summed E-state index contributed by atoms with van der Waals surface area (Å²) in [5.41, 5.74) is 1.22. The highest BCUT2D eigenvalue weighted by atomic mass is 79.9. The number of hydrogen-bond donors (Lipinski definition) is 0. The van der Waals surface area contributed by atoms with Gasteiger partial charge in [0.1, 0.15) is 11.0 Å². The Balaban J connectivity index is 0. The molecule has 0 aliphatic rings. The van der Waals surface area contributed by atoms with Gasteiger partial charge in [-0.3, -0.25) is 0 Å². The fraction of sp³-hybridized carbons (Fsp3) is 1.00. The monoisotopic (exact) mass is 228 g/mol. The molecule has 36 valence electrons. The molecule has 0 unspecified atom stereocenters. The minimum Gasteiger partial charge on any atom is -0.359 e. The van der Waals surface area contributed by atoms with Crippen LogP contribution in [0.5, 0.6) is 0 Å². The van der Waals surface area contributed by atoms with Crippen LogP contribution in [0.4, 0.5) is 0 Å². The van der Waals surface area contributed by atoms with Crippen molar-refractivity contribution in [3.8, 4) is 0 Å². The smallest absolute Gasteiger partial charge is 0.316 e. The molecule has 0 aromatic heterocycles. The zero-order valence-corrected chi connectivity index (χ0v) is 5.75. The third kappa shape index (κ3) is 9.19. The Morgan fingerprint density at radius 1 is 1.17 bits per heavy atom. The maximum Gasteiger partial charge on any atom is 0.316 e. The van der Waals surface area contributed by atoms with E-state index in [9.17, 15) is 0 Å². The van der Waals surface area contributed by atoms with Crippen LogP contribution >= 0.6 is 31.9 Å². The predicted molar refractivity (Wildman–Crippen MR) is 37.2 cm³/mol. The Morgan fingerprint density at radius 3 is 1.50 bits per heavy atom. The third-order valence-electron chi connectivity index (χ3n) is 0.154. The van der Waals surface area contributed by atoms with Crippen LogP contribution in [0.25, 0.3) is 0 Å². The van der Waals surface area contributed by atoms with Gasteiger partial charge >= 0.3 is 23.1 Å². The molecule has 0 aromatic rings. The second-order valence-corrected chi connectivity index (χ2v) is 1.34. The Morgan fingerprint density at radius 2 is 1.50 bits per heavy atom. The summed E-state index contributed by atoms with van der Waals surface area (Å²) in [6.07, 6.45) is 0. The average molecular weight is 230 g/mol. The van der Waals surface area contributed by atoms with Gasteiger partial charge in [0.2, 0.25) is 0 Å². The van der Waals surface area contributed by atoms with Gasteiger partial charge in [0.25, 0.3) is 0 Å². The second kappa shape index (κ2) is 9.84. The molecular formula is C2H6Br2MgO. The van der Waals surface area contributed by atoms with Crippen LogP contribution in [-0.4, -0.2) is 34.1 Å². The summed E-state index contributed by atoms with van der Waals surface area (Å²) in [6.45, 7) is 0. The van der Waals surface area contributed by atoms with Crippen molar-refractivity contribution in [2.24, 2.45) is 0 Å². The van der Waals surface area contributed by atoms with Crippen LogP contribution < -0.4 is 0 Å². The van der Waals surface area contributed by atoms with Crippen LogP contribution in [0.2, 0.25) is 0 Å². The number of halogens is 2. The zero-order valence-electron chi connectivity index (χ0n) is 2.58. The fourth-order valence-corrected chi connectivity index (χ4v) is 0.787. The number of alkyl halides is 2. The highest BCUT2D eigenvalue weighted by Crippen LogP contribution is 1.85. The van der Waals surface area contributed by atoms with Crippen molar-refractivity contribution in [2.75, 3.05) is 11.0 Å². The lowest BCUT2D eigenvalue weighted by Gasteiger charge is -1.83. The average Bonchev–Trinajstić information content (AvgIpc) is 1.41. The molecule has 0 heterocycles. The van der Waals surface area contributed by atoms with E-state index in [1.54, 1.807) is 0 Å². The van der Waals surface area contributed by atoms with Gasteiger partial charge in [-0.25, -0.2) is 0 Å². The van der Waals surface area contributed by atoms with Crippen molar-refractivity contribution in [3.63, 3.8) is 0 Å². The zero-order chi connectivity index (χ0) is 4.12. The maximum atomic E-state index is 4.67. The molecule has 1 nitrogen and oxygen atoms in total. The van der Waals surface area contributed by atoms with Gasteiger partial charge in [0.05, 0.1) is 0 Å². The predicted octanol–water partition coefficient (Wildman–Crippen LogP) is 0.792. The third-order valence-corrected chi connectivity index (χ3v) is 0.802. The van der Waals surface area contributed by atoms with Gasteiger partial charge in [0, 0.05) is 0 Å². The van der Waals surface area contributed by atoms with Crippen molar-refractivity contribution < 1.29 is 4.74 Å². The molecule has 0 saturated heterocycles. The van der Waals surface area contributed by atoms with Crippen LogP contribution in [-0.2, 0) is 4.74 Å². The van der Waals surface area contributed by atoms with Crippen molar-refractivity contribution in [3.05, 3.63) is 0 Å². The van der Waals surface area contributed by atoms with E-state index >= 15 is 0 Å². The van der Waals surface area contributed by atoms with Crippen LogP contribution in [0.1, 0.15) is 0 Å². The molecule has 0 aliphatic heterocycles. The fourth-order valence-electron chi connectivity index (χ4n) is 0.0292. The molecule has 0 amide bonds. The molecule has 0 atom stereocenters. The highest BCUT2D eigenvalue weighted by molar-refractivity contribution is 9.09. The van der Waals surface area contributed by atoms with Crippen molar-refractivity contribution in [1.82, 2.24) is 0 Å². The molecule has 0 radical (unpaired) electrons. The molecule has 0 spiro atoms. The van der Waals surface area contributed by atoms with E-state index < -0.39 is 0 Å². The van der Waals surface area contributed by atoms with Gasteiger partial charge in [-0.15, -0.1) is 0 Å². The molecule has 0 fully saturated rings. The SMILES string of the molecule is BrCOCBr.[MgH2]. The van der Waals surface area contributed by atoms with Gasteiger partial charge in [-0.1, -0.05) is 31.9 Å². The Labute approximate surface area is 70.2 Å². The van der Waals surface area contributed by atoms with Gasteiger partial charge in [0.15, 0.2) is 0 Å².